The third-order valence-electron chi connectivity index (χ3n) is 3.86. The van der Waals surface area contributed by atoms with E-state index in [1.54, 1.807) is 17.0 Å². The molecule has 1 heterocycles. The standard InChI is InChI=1S/C16H24BNO4/c1-16(2,3)22-15(19)18-10-8-12(9-11-18)13-6-4-5-7-14(13)17(20)21/h4-7,12,20-21H,8-11H2,1-3H3. The summed E-state index contributed by atoms with van der Waals surface area (Å²) in [5.41, 5.74) is 1.03. The van der Waals surface area contributed by atoms with Crippen molar-refractivity contribution < 1.29 is 19.6 Å². The number of nitrogens with zero attached hydrogens (tertiary/aromatic N) is 1. The monoisotopic (exact) mass is 305 g/mol. The van der Waals surface area contributed by atoms with Gasteiger partial charge in [-0.1, -0.05) is 24.3 Å². The highest BCUT2D eigenvalue weighted by Gasteiger charge is 2.29. The maximum Gasteiger partial charge on any atom is 0.488 e. The molecule has 1 aliphatic heterocycles. The van der Waals surface area contributed by atoms with Gasteiger partial charge in [-0.15, -0.1) is 0 Å². The number of hydrogen-bond acceptors (Lipinski definition) is 4. The van der Waals surface area contributed by atoms with E-state index < -0.39 is 12.7 Å². The van der Waals surface area contributed by atoms with Crippen LogP contribution in [-0.4, -0.2) is 46.9 Å². The summed E-state index contributed by atoms with van der Waals surface area (Å²) in [5.74, 6) is 0.233. The van der Waals surface area contributed by atoms with Crippen molar-refractivity contribution in [1.82, 2.24) is 4.90 Å². The fourth-order valence-corrected chi connectivity index (χ4v) is 2.82. The molecule has 0 aromatic heterocycles. The van der Waals surface area contributed by atoms with Crippen LogP contribution < -0.4 is 5.46 Å². The van der Waals surface area contributed by atoms with E-state index in [2.05, 4.69) is 0 Å². The molecule has 1 amide bonds. The lowest BCUT2D eigenvalue weighted by molar-refractivity contribution is 0.0205. The van der Waals surface area contributed by atoms with Gasteiger partial charge in [-0.05, 0) is 50.6 Å². The largest absolute Gasteiger partial charge is 0.488 e. The van der Waals surface area contributed by atoms with Crippen LogP contribution in [0.4, 0.5) is 4.79 Å². The van der Waals surface area contributed by atoms with Crippen LogP contribution in [0.2, 0.25) is 0 Å². The molecule has 0 unspecified atom stereocenters. The second-order valence-corrected chi connectivity index (χ2v) is 6.74. The van der Waals surface area contributed by atoms with Crippen molar-refractivity contribution >= 4 is 18.7 Å². The Morgan fingerprint density at radius 3 is 2.36 bits per heavy atom. The molecule has 0 aliphatic carbocycles. The fourth-order valence-electron chi connectivity index (χ4n) is 2.82. The number of rotatable bonds is 2. The van der Waals surface area contributed by atoms with Gasteiger partial charge in [0.25, 0.3) is 0 Å². The summed E-state index contributed by atoms with van der Waals surface area (Å²) in [6, 6.07) is 7.37. The van der Waals surface area contributed by atoms with Gasteiger partial charge in [0.15, 0.2) is 0 Å². The second-order valence-electron chi connectivity index (χ2n) is 6.74. The van der Waals surface area contributed by atoms with Gasteiger partial charge in [-0.25, -0.2) is 4.79 Å². The van der Waals surface area contributed by atoms with Crippen molar-refractivity contribution in [3.8, 4) is 0 Å². The topological polar surface area (TPSA) is 70.0 Å². The van der Waals surface area contributed by atoms with Gasteiger partial charge in [0.1, 0.15) is 5.60 Å². The van der Waals surface area contributed by atoms with E-state index in [4.69, 9.17) is 4.74 Å². The number of carbonyl (C=O) groups excluding carboxylic acids is 1. The molecule has 6 heteroatoms. The predicted molar refractivity (Wildman–Crippen MR) is 86.0 cm³/mol. The third-order valence-corrected chi connectivity index (χ3v) is 3.86. The molecule has 1 aromatic carbocycles. The smallest absolute Gasteiger partial charge is 0.444 e. The highest BCUT2D eigenvalue weighted by Crippen LogP contribution is 2.27. The summed E-state index contributed by atoms with van der Waals surface area (Å²) in [5, 5.41) is 18.9. The molecule has 22 heavy (non-hydrogen) atoms. The first-order chi connectivity index (χ1) is 10.3. The summed E-state index contributed by atoms with van der Waals surface area (Å²) in [7, 11) is -1.46. The Kier molecular flexibility index (Phi) is 5.14. The zero-order valence-electron chi connectivity index (χ0n) is 13.5. The van der Waals surface area contributed by atoms with Crippen LogP contribution in [0.5, 0.6) is 0 Å². The molecular weight excluding hydrogens is 281 g/mol. The Hall–Kier alpha value is -1.53. The molecule has 0 saturated carbocycles. The van der Waals surface area contributed by atoms with Gasteiger partial charge >= 0.3 is 13.2 Å². The molecule has 1 aromatic rings. The number of benzene rings is 1. The zero-order valence-corrected chi connectivity index (χ0v) is 13.5. The van der Waals surface area contributed by atoms with E-state index in [0.717, 1.165) is 18.4 Å². The van der Waals surface area contributed by atoms with Gasteiger partial charge in [0.2, 0.25) is 0 Å². The Balaban J connectivity index is 2.00. The van der Waals surface area contributed by atoms with Gasteiger partial charge < -0.3 is 19.7 Å². The lowest BCUT2D eigenvalue weighted by Crippen LogP contribution is -2.42. The van der Waals surface area contributed by atoms with Crippen LogP contribution in [0, 0.1) is 0 Å². The Labute approximate surface area is 132 Å². The second kappa shape index (κ2) is 6.71. The van der Waals surface area contributed by atoms with Crippen molar-refractivity contribution in [3.63, 3.8) is 0 Å². The highest BCUT2D eigenvalue weighted by molar-refractivity contribution is 6.59. The first-order valence-corrected chi connectivity index (χ1v) is 7.71. The van der Waals surface area contributed by atoms with E-state index in [1.807, 2.05) is 32.9 Å². The van der Waals surface area contributed by atoms with Crippen LogP contribution in [0.1, 0.15) is 45.1 Å². The SMILES string of the molecule is CC(C)(C)OC(=O)N1CCC(c2ccccc2B(O)O)CC1. The molecule has 2 rings (SSSR count). The minimum Gasteiger partial charge on any atom is -0.444 e. The molecule has 0 spiro atoms. The molecule has 120 valence electrons. The van der Waals surface area contributed by atoms with E-state index in [0.29, 0.717) is 18.6 Å². The van der Waals surface area contributed by atoms with Crippen molar-refractivity contribution in [2.24, 2.45) is 0 Å². The minimum absolute atomic E-state index is 0.233. The zero-order chi connectivity index (χ0) is 16.3. The first-order valence-electron chi connectivity index (χ1n) is 7.71. The van der Waals surface area contributed by atoms with Crippen LogP contribution in [-0.2, 0) is 4.74 Å². The lowest BCUT2D eigenvalue weighted by atomic mass is 9.72. The van der Waals surface area contributed by atoms with Crippen molar-refractivity contribution in [2.45, 2.75) is 45.1 Å². The average molecular weight is 305 g/mol. The number of amides is 1. The maximum atomic E-state index is 12.1. The average Bonchev–Trinajstić information content (AvgIpc) is 2.45. The highest BCUT2D eigenvalue weighted by atomic mass is 16.6. The number of likely N-dealkylation sites (tertiary alicyclic amines) is 1. The quantitative estimate of drug-likeness (QED) is 0.812. The van der Waals surface area contributed by atoms with Gasteiger partial charge in [0.05, 0.1) is 0 Å². The number of piperidine rings is 1. The summed E-state index contributed by atoms with van der Waals surface area (Å²) in [6.45, 7) is 6.81. The van der Waals surface area contributed by atoms with Crippen molar-refractivity contribution in [2.75, 3.05) is 13.1 Å². The molecule has 0 radical (unpaired) electrons. The summed E-state index contributed by atoms with van der Waals surface area (Å²) in [4.78, 5) is 13.8. The normalized spacial score (nSPS) is 16.5. The van der Waals surface area contributed by atoms with Crippen LogP contribution in [0.15, 0.2) is 24.3 Å². The predicted octanol–water partition coefficient (Wildman–Crippen LogP) is 1.48. The van der Waals surface area contributed by atoms with E-state index in [1.165, 1.54) is 0 Å². The summed E-state index contributed by atoms with van der Waals surface area (Å²) >= 11 is 0. The van der Waals surface area contributed by atoms with Crippen molar-refractivity contribution in [1.29, 1.82) is 0 Å². The van der Waals surface area contributed by atoms with Crippen LogP contribution in [0.25, 0.3) is 0 Å². The Morgan fingerprint density at radius 2 is 1.82 bits per heavy atom. The molecule has 1 saturated heterocycles. The molecule has 0 bridgehead atoms. The molecule has 2 N–H and O–H groups in total. The van der Waals surface area contributed by atoms with Gasteiger partial charge in [0, 0.05) is 13.1 Å². The Morgan fingerprint density at radius 1 is 1.23 bits per heavy atom. The molecule has 1 fully saturated rings. The van der Waals surface area contributed by atoms with E-state index in [-0.39, 0.29) is 12.0 Å². The molecular formula is C16H24BNO4. The lowest BCUT2D eigenvalue weighted by Gasteiger charge is -2.34. The minimum atomic E-state index is -1.46. The fraction of sp³-hybridized carbons (Fsp3) is 0.562. The number of carbonyl (C=O) groups is 1. The van der Waals surface area contributed by atoms with E-state index >= 15 is 0 Å². The van der Waals surface area contributed by atoms with Crippen molar-refractivity contribution in [3.05, 3.63) is 29.8 Å². The third kappa shape index (κ3) is 4.24. The van der Waals surface area contributed by atoms with E-state index in [9.17, 15) is 14.8 Å². The van der Waals surface area contributed by atoms with Crippen LogP contribution >= 0.6 is 0 Å². The summed E-state index contributed by atoms with van der Waals surface area (Å²) in [6.07, 6.45) is 1.31. The van der Waals surface area contributed by atoms with Gasteiger partial charge in [-0.3, -0.25) is 0 Å². The molecule has 5 nitrogen and oxygen atoms in total. The molecule has 0 atom stereocenters. The maximum absolute atomic E-state index is 12.1. The summed E-state index contributed by atoms with van der Waals surface area (Å²) < 4.78 is 5.39. The Bertz CT molecular complexity index is 519. The van der Waals surface area contributed by atoms with Crippen LogP contribution in [0.3, 0.4) is 0 Å². The van der Waals surface area contributed by atoms with Gasteiger partial charge in [-0.2, -0.15) is 0 Å². The number of ether oxygens (including phenoxy) is 1. The molecule has 1 aliphatic rings. The number of hydrogen-bond donors (Lipinski definition) is 2. The first kappa shape index (κ1) is 16.8.